The highest BCUT2D eigenvalue weighted by Crippen LogP contribution is 2.09. The van der Waals surface area contributed by atoms with Crippen molar-refractivity contribution in [3.63, 3.8) is 0 Å². The van der Waals surface area contributed by atoms with Crippen molar-refractivity contribution < 1.29 is 4.74 Å². The topological polar surface area (TPSA) is 181 Å². The third kappa shape index (κ3) is 6.30. The fourth-order valence-electron chi connectivity index (χ4n) is 2.12. The Morgan fingerprint density at radius 2 is 1.45 bits per heavy atom. The molecule has 3 rings (SSSR count). The quantitative estimate of drug-likeness (QED) is 0.192. The molecule has 13 heteroatoms. The van der Waals surface area contributed by atoms with Crippen LogP contribution in [0.15, 0.2) is 60.7 Å². The number of hydrazine groups is 1. The summed E-state index contributed by atoms with van der Waals surface area (Å²) >= 11 is 0. The molecule has 0 fully saturated rings. The molecule has 0 bridgehead atoms. The first-order valence-electron chi connectivity index (χ1n) is 8.75. The molecule has 0 aliphatic heterocycles. The lowest BCUT2D eigenvalue weighted by atomic mass is 10.2. The van der Waals surface area contributed by atoms with E-state index in [-0.39, 0.29) is 11.6 Å². The fourth-order valence-corrected chi connectivity index (χ4v) is 2.12. The van der Waals surface area contributed by atoms with Gasteiger partial charge in [0.1, 0.15) is 17.4 Å². The summed E-state index contributed by atoms with van der Waals surface area (Å²) in [6.07, 6.45) is 1.56. The molecule has 2 aromatic heterocycles. The highest BCUT2D eigenvalue weighted by Gasteiger charge is 1.99. The number of hydrogen-bond donors (Lipinski definition) is 5. The average Bonchev–Trinajstić information content (AvgIpc) is 2.76. The molecule has 164 valence electrons. The van der Waals surface area contributed by atoms with Gasteiger partial charge >= 0.3 is 11.4 Å². The largest absolute Gasteiger partial charge is 0.497 e. The van der Waals surface area contributed by atoms with Crippen molar-refractivity contribution in [2.24, 2.45) is 25.0 Å². The molecule has 6 N–H and O–H groups in total. The maximum atomic E-state index is 11.4. The Hall–Kier alpha value is -4.39. The predicted octanol–water partition coefficient (Wildman–Crippen LogP) is -1.11. The number of methoxy groups -OCH3 is 1. The smallest absolute Gasteiger partial charge is 0.329 e. The van der Waals surface area contributed by atoms with Gasteiger partial charge in [0.2, 0.25) is 0 Å². The Bertz CT molecular complexity index is 1220. The van der Waals surface area contributed by atoms with Gasteiger partial charge in [0.25, 0.3) is 11.1 Å². The Kier molecular flexibility index (Phi) is 7.68. The highest BCUT2D eigenvalue weighted by atomic mass is 16.5. The van der Waals surface area contributed by atoms with Crippen LogP contribution in [0, 0.1) is 0 Å². The van der Waals surface area contributed by atoms with Crippen LogP contribution < -0.4 is 43.9 Å². The first-order valence-corrected chi connectivity index (χ1v) is 8.75. The summed E-state index contributed by atoms with van der Waals surface area (Å²) in [5, 5.41) is 3.95. The van der Waals surface area contributed by atoms with Crippen molar-refractivity contribution in [2.75, 3.05) is 18.0 Å². The van der Waals surface area contributed by atoms with Crippen LogP contribution in [0.5, 0.6) is 5.75 Å². The van der Waals surface area contributed by atoms with E-state index < -0.39 is 22.5 Å². The molecule has 0 saturated heterocycles. The van der Waals surface area contributed by atoms with Gasteiger partial charge in [-0.05, 0) is 29.8 Å². The van der Waals surface area contributed by atoms with E-state index in [1.54, 1.807) is 13.3 Å². The minimum Gasteiger partial charge on any atom is -0.497 e. The van der Waals surface area contributed by atoms with Crippen LogP contribution in [0.1, 0.15) is 5.56 Å². The number of aromatic nitrogens is 4. The van der Waals surface area contributed by atoms with E-state index in [9.17, 15) is 19.2 Å². The predicted molar refractivity (Wildman–Crippen MR) is 117 cm³/mol. The summed E-state index contributed by atoms with van der Waals surface area (Å²) in [6, 6.07) is 9.73. The van der Waals surface area contributed by atoms with Gasteiger partial charge in [0, 0.05) is 26.2 Å². The first-order chi connectivity index (χ1) is 14.7. The van der Waals surface area contributed by atoms with E-state index in [1.807, 2.05) is 24.3 Å². The molecule has 31 heavy (non-hydrogen) atoms. The summed E-state index contributed by atoms with van der Waals surface area (Å²) in [4.78, 5) is 49.3. The average molecular weight is 430 g/mol. The summed E-state index contributed by atoms with van der Waals surface area (Å²) in [5.41, 5.74) is 3.82. The zero-order valence-electron chi connectivity index (χ0n) is 17.0. The van der Waals surface area contributed by atoms with Gasteiger partial charge in [-0.1, -0.05) is 0 Å². The molecular formula is C18H22N8O5. The van der Waals surface area contributed by atoms with Crippen LogP contribution in [0.25, 0.3) is 0 Å². The van der Waals surface area contributed by atoms with Gasteiger partial charge in [-0.15, -0.1) is 0 Å². The monoisotopic (exact) mass is 430 g/mol. The van der Waals surface area contributed by atoms with Crippen LogP contribution in [0.3, 0.4) is 0 Å². The lowest BCUT2D eigenvalue weighted by molar-refractivity contribution is 0.415. The van der Waals surface area contributed by atoms with Crippen molar-refractivity contribution in [3.05, 3.63) is 83.6 Å². The Balaban J connectivity index is 0.000000262. The van der Waals surface area contributed by atoms with Crippen LogP contribution in [-0.4, -0.2) is 32.4 Å². The van der Waals surface area contributed by atoms with Crippen LogP contribution in [-0.2, 0) is 14.1 Å². The molecule has 13 nitrogen and oxygen atoms in total. The van der Waals surface area contributed by atoms with E-state index in [2.05, 4.69) is 25.9 Å². The van der Waals surface area contributed by atoms with Crippen molar-refractivity contribution in [1.82, 2.24) is 19.1 Å². The van der Waals surface area contributed by atoms with Crippen molar-refractivity contribution in [3.8, 4) is 5.75 Å². The second kappa shape index (κ2) is 10.4. The molecule has 3 aromatic rings. The number of nitrogens with zero attached hydrogens (tertiary/aromatic N) is 3. The Morgan fingerprint density at radius 3 is 1.94 bits per heavy atom. The molecule has 0 unspecified atom stereocenters. The lowest BCUT2D eigenvalue weighted by Gasteiger charge is -2.01. The standard InChI is InChI=1S/C13H14N4O3.C5H8N4O2/c1-17-12(18)7-11(15-13(17)19)16-14-8-9-3-5-10(20-2)6-4-9;1-9-4(10)2-3(8-6)7-5(9)11/h3-8,16H,1-2H3,(H,15,19);2,8H,6H2,1H3,(H,7,11)/b14-8+;. The normalized spacial score (nSPS) is 10.3. The number of anilines is 2. The highest BCUT2D eigenvalue weighted by molar-refractivity contribution is 5.80. The number of aromatic amines is 2. The van der Waals surface area contributed by atoms with Crippen LogP contribution in [0.4, 0.5) is 11.6 Å². The van der Waals surface area contributed by atoms with Gasteiger partial charge in [-0.3, -0.25) is 34.1 Å². The SMILES string of the molecule is COc1ccc(/C=N/Nc2cc(=O)n(C)c(=O)[nH]2)cc1.Cn1c(=O)cc(NN)[nH]c1=O. The maximum Gasteiger partial charge on any atom is 0.329 e. The number of benzene rings is 1. The molecule has 1 aromatic carbocycles. The minimum atomic E-state index is -0.500. The first kappa shape index (κ1) is 22.9. The number of H-pyrrole nitrogens is 2. The van der Waals surface area contributed by atoms with E-state index in [4.69, 9.17) is 10.6 Å². The van der Waals surface area contributed by atoms with Crippen molar-refractivity contribution >= 4 is 17.9 Å². The zero-order valence-corrected chi connectivity index (χ0v) is 17.0. The summed E-state index contributed by atoms with van der Waals surface area (Å²) in [6.45, 7) is 0. The second-order valence-corrected chi connectivity index (χ2v) is 6.06. The van der Waals surface area contributed by atoms with Crippen molar-refractivity contribution in [1.29, 1.82) is 0 Å². The molecule has 0 saturated carbocycles. The number of nitrogen functional groups attached to an aromatic ring is 1. The number of hydrogen-bond acceptors (Lipinski definition) is 9. The molecule has 2 heterocycles. The van der Waals surface area contributed by atoms with Crippen LogP contribution >= 0.6 is 0 Å². The molecule has 0 atom stereocenters. The van der Waals surface area contributed by atoms with E-state index in [0.29, 0.717) is 0 Å². The van der Waals surface area contributed by atoms with E-state index >= 15 is 0 Å². The number of rotatable bonds is 5. The third-order valence-corrected chi connectivity index (χ3v) is 3.96. The van der Waals surface area contributed by atoms with E-state index in [0.717, 1.165) is 20.4 Å². The molecule has 0 aliphatic carbocycles. The fraction of sp³-hybridized carbons (Fsp3) is 0.167. The number of ether oxygens (including phenoxy) is 1. The molecule has 0 aliphatic rings. The Morgan fingerprint density at radius 1 is 0.935 bits per heavy atom. The number of nitrogens with two attached hydrogens (primary N) is 1. The third-order valence-electron chi connectivity index (χ3n) is 3.96. The van der Waals surface area contributed by atoms with Crippen LogP contribution in [0.2, 0.25) is 0 Å². The zero-order chi connectivity index (χ0) is 23.0. The molecule has 0 amide bonds. The van der Waals surface area contributed by atoms with Gasteiger partial charge in [0.15, 0.2) is 0 Å². The summed E-state index contributed by atoms with van der Waals surface area (Å²) in [5.74, 6) is 6.17. The van der Waals surface area contributed by atoms with Crippen molar-refractivity contribution in [2.45, 2.75) is 0 Å². The lowest BCUT2D eigenvalue weighted by Crippen LogP contribution is -2.33. The summed E-state index contributed by atoms with van der Waals surface area (Å²) < 4.78 is 6.96. The van der Waals surface area contributed by atoms with Gasteiger partial charge in [-0.25, -0.2) is 15.4 Å². The van der Waals surface area contributed by atoms with Gasteiger partial charge < -0.3 is 10.2 Å². The number of nitrogens with one attached hydrogen (secondary N) is 4. The van der Waals surface area contributed by atoms with Gasteiger partial charge in [0.05, 0.1) is 13.3 Å². The number of hydrazone groups is 1. The Labute approximate surface area is 174 Å². The van der Waals surface area contributed by atoms with Gasteiger partial charge in [-0.2, -0.15) is 5.10 Å². The molecule has 0 radical (unpaired) electrons. The van der Waals surface area contributed by atoms with E-state index in [1.165, 1.54) is 26.2 Å². The molecule has 0 spiro atoms. The minimum absolute atomic E-state index is 0.207. The molecular weight excluding hydrogens is 408 g/mol. The maximum absolute atomic E-state index is 11.4. The summed E-state index contributed by atoms with van der Waals surface area (Å²) in [7, 11) is 4.37. The second-order valence-electron chi connectivity index (χ2n) is 6.06.